The second-order valence-electron chi connectivity index (χ2n) is 7.93. The predicted molar refractivity (Wildman–Crippen MR) is 115 cm³/mol. The SMILES string of the molecule is COc1cccc2c1OCC(CN1CCN(Cc3ccccc3F)[C@@H](CCO)C1)=C2. The third kappa shape index (κ3) is 4.67. The number of aliphatic hydroxyl groups is 1. The summed E-state index contributed by atoms with van der Waals surface area (Å²) in [4.78, 5) is 4.69. The van der Waals surface area contributed by atoms with Crippen molar-refractivity contribution in [3.05, 3.63) is 65.0 Å². The number of hydrogen-bond donors (Lipinski definition) is 1. The highest BCUT2D eigenvalue weighted by Gasteiger charge is 2.28. The number of fused-ring (bicyclic) bond motifs is 1. The standard InChI is InChI=1S/C24H29FN2O3/c1-29-23-8-4-6-19-13-18(17-30-24(19)23)14-26-10-11-27(21(16-26)9-12-28)15-20-5-2-3-7-22(20)25/h2-8,13,21,28H,9-12,14-17H2,1H3/t21-/m0/s1. The fraction of sp³-hybridized carbons (Fsp3) is 0.417. The van der Waals surface area contributed by atoms with Crippen molar-refractivity contribution in [3.8, 4) is 11.5 Å². The molecule has 160 valence electrons. The van der Waals surface area contributed by atoms with E-state index in [9.17, 15) is 9.50 Å². The first-order valence-electron chi connectivity index (χ1n) is 10.5. The maximum atomic E-state index is 14.1. The molecular weight excluding hydrogens is 383 g/mol. The Morgan fingerprint density at radius 3 is 2.80 bits per heavy atom. The molecule has 1 N–H and O–H groups in total. The molecule has 0 aromatic heterocycles. The van der Waals surface area contributed by atoms with Crippen LogP contribution in [-0.4, -0.2) is 67.5 Å². The summed E-state index contributed by atoms with van der Waals surface area (Å²) in [6.45, 7) is 4.67. The van der Waals surface area contributed by atoms with E-state index in [0.29, 0.717) is 25.1 Å². The van der Waals surface area contributed by atoms with Gasteiger partial charge in [0.25, 0.3) is 0 Å². The van der Waals surface area contributed by atoms with Crippen LogP contribution < -0.4 is 9.47 Å². The highest BCUT2D eigenvalue weighted by Crippen LogP contribution is 2.35. The minimum atomic E-state index is -0.165. The van der Waals surface area contributed by atoms with Gasteiger partial charge in [0.2, 0.25) is 0 Å². The monoisotopic (exact) mass is 412 g/mol. The molecule has 0 bridgehead atoms. The lowest BCUT2D eigenvalue weighted by Crippen LogP contribution is -2.53. The molecule has 0 radical (unpaired) electrons. The van der Waals surface area contributed by atoms with Crippen LogP contribution in [0.4, 0.5) is 4.39 Å². The van der Waals surface area contributed by atoms with Gasteiger partial charge in [-0.05, 0) is 30.2 Å². The number of halogens is 1. The predicted octanol–water partition coefficient (Wildman–Crippen LogP) is 3.18. The second-order valence-corrected chi connectivity index (χ2v) is 7.93. The van der Waals surface area contributed by atoms with E-state index in [-0.39, 0.29) is 18.5 Å². The van der Waals surface area contributed by atoms with E-state index in [0.717, 1.165) is 43.2 Å². The number of aliphatic hydroxyl groups excluding tert-OH is 1. The molecule has 5 nitrogen and oxygen atoms in total. The average Bonchev–Trinajstić information content (AvgIpc) is 2.76. The lowest BCUT2D eigenvalue weighted by Gasteiger charge is -2.42. The van der Waals surface area contributed by atoms with Crippen molar-refractivity contribution in [2.24, 2.45) is 0 Å². The molecule has 2 heterocycles. The molecule has 2 aromatic carbocycles. The van der Waals surface area contributed by atoms with Gasteiger partial charge in [-0.3, -0.25) is 9.80 Å². The molecule has 0 aliphatic carbocycles. The van der Waals surface area contributed by atoms with Gasteiger partial charge in [-0.2, -0.15) is 0 Å². The van der Waals surface area contributed by atoms with E-state index in [1.165, 1.54) is 11.6 Å². The maximum absolute atomic E-state index is 14.1. The minimum absolute atomic E-state index is 0.130. The van der Waals surface area contributed by atoms with Crippen molar-refractivity contribution in [3.63, 3.8) is 0 Å². The largest absolute Gasteiger partial charge is 0.493 e. The van der Waals surface area contributed by atoms with Gasteiger partial charge in [0.1, 0.15) is 12.4 Å². The van der Waals surface area contributed by atoms with E-state index in [1.54, 1.807) is 13.2 Å². The molecule has 1 atom stereocenters. The van der Waals surface area contributed by atoms with Crippen LogP contribution in [0.2, 0.25) is 0 Å². The van der Waals surface area contributed by atoms with E-state index in [1.807, 2.05) is 30.3 Å². The number of methoxy groups -OCH3 is 1. The van der Waals surface area contributed by atoms with Crippen LogP contribution >= 0.6 is 0 Å². The highest BCUT2D eigenvalue weighted by atomic mass is 19.1. The third-order valence-corrected chi connectivity index (χ3v) is 5.90. The van der Waals surface area contributed by atoms with Crippen LogP contribution in [0.25, 0.3) is 6.08 Å². The fourth-order valence-corrected chi connectivity index (χ4v) is 4.34. The normalized spacial score (nSPS) is 19.7. The van der Waals surface area contributed by atoms with E-state index in [2.05, 4.69) is 15.9 Å². The number of hydrogen-bond acceptors (Lipinski definition) is 5. The molecule has 4 rings (SSSR count). The molecule has 0 spiro atoms. The Morgan fingerprint density at radius 1 is 1.13 bits per heavy atom. The Labute approximate surface area is 177 Å². The Kier molecular flexibility index (Phi) is 6.67. The third-order valence-electron chi connectivity index (χ3n) is 5.90. The summed E-state index contributed by atoms with van der Waals surface area (Å²) in [5.74, 6) is 1.39. The zero-order valence-electron chi connectivity index (χ0n) is 17.4. The van der Waals surface area contributed by atoms with Crippen molar-refractivity contribution in [1.82, 2.24) is 9.80 Å². The first-order chi connectivity index (χ1) is 14.7. The van der Waals surface area contributed by atoms with Gasteiger partial charge >= 0.3 is 0 Å². The lowest BCUT2D eigenvalue weighted by molar-refractivity contribution is 0.0566. The smallest absolute Gasteiger partial charge is 0.168 e. The second kappa shape index (κ2) is 9.60. The Bertz CT molecular complexity index is 902. The Hall–Kier alpha value is -2.41. The minimum Gasteiger partial charge on any atom is -0.493 e. The fourth-order valence-electron chi connectivity index (χ4n) is 4.34. The summed E-state index contributed by atoms with van der Waals surface area (Å²) in [5.41, 5.74) is 2.98. The summed E-state index contributed by atoms with van der Waals surface area (Å²) in [5, 5.41) is 9.56. The first kappa shape index (κ1) is 20.8. The van der Waals surface area contributed by atoms with Crippen LogP contribution in [0.1, 0.15) is 17.5 Å². The van der Waals surface area contributed by atoms with Crippen LogP contribution in [0.3, 0.4) is 0 Å². The molecule has 0 amide bonds. The number of ether oxygens (including phenoxy) is 2. The maximum Gasteiger partial charge on any atom is 0.168 e. The number of benzene rings is 2. The van der Waals surface area contributed by atoms with Crippen molar-refractivity contribution in [2.75, 3.05) is 46.5 Å². The first-order valence-corrected chi connectivity index (χ1v) is 10.5. The van der Waals surface area contributed by atoms with Crippen molar-refractivity contribution >= 4 is 6.08 Å². The molecule has 1 fully saturated rings. The van der Waals surface area contributed by atoms with Gasteiger partial charge in [0.05, 0.1) is 7.11 Å². The Balaban J connectivity index is 1.42. The van der Waals surface area contributed by atoms with Gasteiger partial charge in [-0.25, -0.2) is 4.39 Å². The van der Waals surface area contributed by atoms with E-state index >= 15 is 0 Å². The quantitative estimate of drug-likeness (QED) is 0.757. The zero-order valence-corrected chi connectivity index (χ0v) is 17.4. The summed E-state index contributed by atoms with van der Waals surface area (Å²) >= 11 is 0. The molecule has 2 aliphatic heterocycles. The number of nitrogens with zero attached hydrogens (tertiary/aromatic N) is 2. The Morgan fingerprint density at radius 2 is 2.00 bits per heavy atom. The molecule has 30 heavy (non-hydrogen) atoms. The van der Waals surface area contributed by atoms with Gasteiger partial charge in [0.15, 0.2) is 11.5 Å². The summed E-state index contributed by atoms with van der Waals surface area (Å²) < 4.78 is 25.5. The lowest BCUT2D eigenvalue weighted by atomic mass is 10.0. The van der Waals surface area contributed by atoms with Crippen molar-refractivity contribution < 1.29 is 19.0 Å². The number of para-hydroxylation sites is 1. The highest BCUT2D eigenvalue weighted by molar-refractivity contribution is 5.66. The summed E-state index contributed by atoms with van der Waals surface area (Å²) in [7, 11) is 1.65. The van der Waals surface area contributed by atoms with Crippen LogP contribution in [0.5, 0.6) is 11.5 Å². The molecule has 2 aliphatic rings. The van der Waals surface area contributed by atoms with E-state index in [4.69, 9.17) is 9.47 Å². The van der Waals surface area contributed by atoms with Crippen LogP contribution in [0, 0.1) is 5.82 Å². The van der Waals surface area contributed by atoms with Crippen molar-refractivity contribution in [2.45, 2.75) is 19.0 Å². The summed E-state index contributed by atoms with van der Waals surface area (Å²) in [6.07, 6.45) is 2.87. The van der Waals surface area contributed by atoms with E-state index < -0.39 is 0 Å². The molecule has 1 saturated heterocycles. The van der Waals surface area contributed by atoms with Crippen molar-refractivity contribution in [1.29, 1.82) is 0 Å². The average molecular weight is 413 g/mol. The van der Waals surface area contributed by atoms with Crippen LogP contribution in [-0.2, 0) is 6.54 Å². The van der Waals surface area contributed by atoms with Gasteiger partial charge < -0.3 is 14.6 Å². The molecule has 0 saturated carbocycles. The van der Waals surface area contributed by atoms with Gasteiger partial charge in [0, 0.05) is 56.5 Å². The molecule has 2 aromatic rings. The molecule has 6 heteroatoms. The van der Waals surface area contributed by atoms with Gasteiger partial charge in [-0.15, -0.1) is 0 Å². The topological polar surface area (TPSA) is 45.2 Å². The number of piperazine rings is 1. The van der Waals surface area contributed by atoms with Crippen LogP contribution in [0.15, 0.2) is 48.0 Å². The number of rotatable bonds is 7. The molecule has 0 unspecified atom stereocenters. The van der Waals surface area contributed by atoms with Gasteiger partial charge in [-0.1, -0.05) is 30.3 Å². The molecular formula is C24H29FN2O3. The zero-order chi connectivity index (χ0) is 20.9. The summed E-state index contributed by atoms with van der Waals surface area (Å²) in [6, 6.07) is 13.1.